The Labute approximate surface area is 104 Å². The van der Waals surface area contributed by atoms with E-state index >= 15 is 0 Å². The third kappa shape index (κ3) is 2.40. The molecule has 1 unspecified atom stereocenters. The lowest BCUT2D eigenvalue weighted by atomic mass is 9.94. The van der Waals surface area contributed by atoms with Gasteiger partial charge in [0.2, 0.25) is 0 Å². The Kier molecular flexibility index (Phi) is 3.74. The Balaban J connectivity index is 3.40. The quantitative estimate of drug-likeness (QED) is 0.593. The highest BCUT2D eigenvalue weighted by molar-refractivity contribution is 6.36. The Hall–Kier alpha value is -1.60. The number of carbonyl (C=O) groups is 2. The van der Waals surface area contributed by atoms with Crippen LogP contribution in [0.15, 0.2) is 21.2 Å². The third-order valence-corrected chi connectivity index (χ3v) is 2.90. The highest BCUT2D eigenvalue weighted by Crippen LogP contribution is 2.36. The molecule has 17 heavy (non-hydrogen) atoms. The van der Waals surface area contributed by atoms with E-state index in [0.717, 1.165) is 0 Å². The number of allylic oxidation sites excluding steroid dienone is 1. The number of hydrogen-bond donors (Lipinski definition) is 2. The van der Waals surface area contributed by atoms with Crippen LogP contribution in [0.25, 0.3) is 0 Å². The molecule has 0 aliphatic heterocycles. The summed E-state index contributed by atoms with van der Waals surface area (Å²) in [5, 5.41) is 27.2. The molecule has 0 radical (unpaired) electrons. The summed E-state index contributed by atoms with van der Waals surface area (Å²) in [6.07, 6.45) is -0.443. The molecule has 9 heteroatoms. The van der Waals surface area contributed by atoms with E-state index in [2.05, 4.69) is 0 Å². The van der Waals surface area contributed by atoms with Crippen LogP contribution in [0.1, 0.15) is 6.42 Å². The molecule has 0 heterocycles. The van der Waals surface area contributed by atoms with Crippen LogP contribution in [-0.4, -0.2) is 33.1 Å². The monoisotopic (exact) mass is 281 g/mol. The smallest absolute Gasteiger partial charge is 0.340 e. The second kappa shape index (κ2) is 4.72. The van der Waals surface area contributed by atoms with E-state index in [-0.39, 0.29) is 0 Å². The number of nitro groups is 1. The Morgan fingerprint density at radius 2 is 1.82 bits per heavy atom. The van der Waals surface area contributed by atoms with Crippen LogP contribution in [0.2, 0.25) is 0 Å². The fourth-order valence-corrected chi connectivity index (χ4v) is 2.04. The molecular weight excluding hydrogens is 277 g/mol. The van der Waals surface area contributed by atoms with Crippen molar-refractivity contribution in [2.45, 2.75) is 12.5 Å². The predicted octanol–water partition coefficient (Wildman–Crippen LogP) is 1.19. The Bertz CT molecular complexity index is 480. The average Bonchev–Trinajstić information content (AvgIpc) is 2.18. The van der Waals surface area contributed by atoms with Gasteiger partial charge in [0.05, 0.1) is 5.57 Å². The molecule has 0 amide bonds. The first-order chi connectivity index (χ1) is 7.77. The number of halogens is 2. The second-order valence-corrected chi connectivity index (χ2v) is 3.98. The summed E-state index contributed by atoms with van der Waals surface area (Å²) in [5.74, 6) is -3.07. The van der Waals surface area contributed by atoms with Gasteiger partial charge in [0.25, 0.3) is 6.04 Å². The number of aliphatic carboxylic acids is 2. The van der Waals surface area contributed by atoms with E-state index in [4.69, 9.17) is 33.4 Å². The van der Waals surface area contributed by atoms with E-state index in [1.807, 2.05) is 0 Å². The summed E-state index contributed by atoms with van der Waals surface area (Å²) in [5.41, 5.74) is -1.17. The molecule has 0 aromatic heterocycles. The van der Waals surface area contributed by atoms with Gasteiger partial charge < -0.3 is 10.2 Å². The maximum atomic E-state index is 10.8. The number of rotatable bonds is 3. The zero-order valence-corrected chi connectivity index (χ0v) is 9.53. The minimum atomic E-state index is -1.94. The summed E-state index contributed by atoms with van der Waals surface area (Å²) >= 11 is 11.1. The summed E-state index contributed by atoms with van der Waals surface area (Å²) in [6, 6.07) is -1.94. The topological polar surface area (TPSA) is 118 Å². The van der Waals surface area contributed by atoms with E-state index in [9.17, 15) is 19.7 Å². The van der Waals surface area contributed by atoms with Gasteiger partial charge in [0, 0.05) is 16.4 Å². The molecule has 0 saturated carbocycles. The summed E-state index contributed by atoms with van der Waals surface area (Å²) in [6.45, 7) is 0. The minimum Gasteiger partial charge on any atom is -0.478 e. The zero-order chi connectivity index (χ0) is 13.3. The van der Waals surface area contributed by atoms with E-state index in [1.54, 1.807) is 0 Å². The molecule has 0 saturated heterocycles. The van der Waals surface area contributed by atoms with Crippen molar-refractivity contribution in [3.63, 3.8) is 0 Å². The minimum absolute atomic E-state index is 0.402. The van der Waals surface area contributed by atoms with Gasteiger partial charge in [-0.2, -0.15) is 0 Å². The normalized spacial score (nSPS) is 20.5. The highest BCUT2D eigenvalue weighted by Gasteiger charge is 2.42. The largest absolute Gasteiger partial charge is 0.478 e. The van der Waals surface area contributed by atoms with Crippen LogP contribution in [0.3, 0.4) is 0 Å². The van der Waals surface area contributed by atoms with Crippen molar-refractivity contribution in [1.82, 2.24) is 0 Å². The molecule has 0 aromatic rings. The number of carboxylic acid groups (broad SMARTS) is 2. The molecule has 1 aliphatic carbocycles. The molecule has 0 bridgehead atoms. The SMILES string of the molecule is O=C(O)C1=C(Cl)C([N+](=O)[O-])C(C(=O)O)=C(Cl)C1. The van der Waals surface area contributed by atoms with Crippen molar-refractivity contribution in [1.29, 1.82) is 0 Å². The van der Waals surface area contributed by atoms with Gasteiger partial charge in [-0.3, -0.25) is 10.1 Å². The third-order valence-electron chi connectivity index (χ3n) is 2.13. The fourth-order valence-electron chi connectivity index (χ4n) is 1.38. The van der Waals surface area contributed by atoms with Gasteiger partial charge in [-0.15, -0.1) is 0 Å². The molecule has 0 spiro atoms. The molecule has 2 N–H and O–H groups in total. The average molecular weight is 282 g/mol. The Morgan fingerprint density at radius 3 is 2.18 bits per heavy atom. The van der Waals surface area contributed by atoms with Gasteiger partial charge in [-0.1, -0.05) is 23.2 Å². The summed E-state index contributed by atoms with van der Waals surface area (Å²) in [7, 11) is 0. The first kappa shape index (κ1) is 13.5. The lowest BCUT2D eigenvalue weighted by Crippen LogP contribution is -2.32. The fraction of sp³-hybridized carbons (Fsp3) is 0.250. The highest BCUT2D eigenvalue weighted by atomic mass is 35.5. The molecule has 1 atom stereocenters. The van der Waals surface area contributed by atoms with Crippen molar-refractivity contribution in [3.05, 3.63) is 31.3 Å². The molecule has 0 aromatic carbocycles. The molecular formula is C8H5Cl2NO6. The number of hydrogen-bond acceptors (Lipinski definition) is 4. The van der Waals surface area contributed by atoms with Crippen LogP contribution < -0.4 is 0 Å². The predicted molar refractivity (Wildman–Crippen MR) is 56.4 cm³/mol. The molecule has 0 fully saturated rings. The molecule has 7 nitrogen and oxygen atoms in total. The number of nitrogens with zero attached hydrogens (tertiary/aromatic N) is 1. The second-order valence-electron chi connectivity index (χ2n) is 3.12. The van der Waals surface area contributed by atoms with E-state index < -0.39 is 50.5 Å². The van der Waals surface area contributed by atoms with E-state index in [0.29, 0.717) is 0 Å². The first-order valence-corrected chi connectivity index (χ1v) is 4.90. The lowest BCUT2D eigenvalue weighted by Gasteiger charge is -2.18. The zero-order valence-electron chi connectivity index (χ0n) is 8.02. The van der Waals surface area contributed by atoms with Crippen molar-refractivity contribution in [3.8, 4) is 0 Å². The molecule has 92 valence electrons. The summed E-state index contributed by atoms with van der Waals surface area (Å²) < 4.78 is 0. The van der Waals surface area contributed by atoms with Gasteiger partial charge in [0.15, 0.2) is 0 Å². The van der Waals surface area contributed by atoms with Crippen molar-refractivity contribution in [2.24, 2.45) is 0 Å². The van der Waals surface area contributed by atoms with Crippen LogP contribution in [0, 0.1) is 10.1 Å². The van der Waals surface area contributed by atoms with E-state index in [1.165, 1.54) is 0 Å². The van der Waals surface area contributed by atoms with Gasteiger partial charge in [-0.25, -0.2) is 9.59 Å². The van der Waals surface area contributed by atoms with Gasteiger partial charge >= 0.3 is 11.9 Å². The maximum absolute atomic E-state index is 10.8. The number of carboxylic acids is 2. The van der Waals surface area contributed by atoms with Crippen molar-refractivity contribution < 1.29 is 24.7 Å². The Morgan fingerprint density at radius 1 is 1.29 bits per heavy atom. The van der Waals surface area contributed by atoms with Crippen LogP contribution in [0.4, 0.5) is 0 Å². The van der Waals surface area contributed by atoms with Crippen molar-refractivity contribution in [2.75, 3.05) is 0 Å². The van der Waals surface area contributed by atoms with Gasteiger partial charge in [-0.05, 0) is 0 Å². The van der Waals surface area contributed by atoms with Gasteiger partial charge in [0.1, 0.15) is 10.6 Å². The van der Waals surface area contributed by atoms with Crippen LogP contribution >= 0.6 is 23.2 Å². The molecule has 1 rings (SSSR count). The van der Waals surface area contributed by atoms with Crippen molar-refractivity contribution >= 4 is 35.1 Å². The summed E-state index contributed by atoms with van der Waals surface area (Å²) in [4.78, 5) is 31.3. The molecule has 1 aliphatic rings. The maximum Gasteiger partial charge on any atom is 0.340 e. The first-order valence-electron chi connectivity index (χ1n) is 4.14. The van der Waals surface area contributed by atoms with Crippen LogP contribution in [-0.2, 0) is 9.59 Å². The lowest BCUT2D eigenvalue weighted by molar-refractivity contribution is -0.500. The standard InChI is InChI=1S/C8H5Cl2NO6/c9-3-1-2(7(12)13)5(10)6(11(16)17)4(3)8(14)15/h6H,1H2,(H,12,13)(H,14,15). The van der Waals surface area contributed by atoms with Crippen LogP contribution in [0.5, 0.6) is 0 Å².